The molecule has 1 aromatic heterocycles. The van der Waals surface area contributed by atoms with Gasteiger partial charge in [0.15, 0.2) is 0 Å². The van der Waals surface area contributed by atoms with Crippen molar-refractivity contribution in [3.8, 4) is 0 Å². The first-order chi connectivity index (χ1) is 9.09. The van der Waals surface area contributed by atoms with E-state index in [1.165, 1.54) is 0 Å². The van der Waals surface area contributed by atoms with Gasteiger partial charge in [-0.15, -0.1) is 11.8 Å². The molecule has 3 rings (SSSR count). The number of halogens is 1. The highest BCUT2D eigenvalue weighted by atomic mass is 35.5. The summed E-state index contributed by atoms with van der Waals surface area (Å²) in [4.78, 5) is 28.7. The van der Waals surface area contributed by atoms with Gasteiger partial charge in [-0.1, -0.05) is 11.6 Å². The molecule has 2 aromatic rings. The van der Waals surface area contributed by atoms with E-state index < -0.39 is 11.1 Å². The molecular formula is C13H11ClN2O2S. The summed E-state index contributed by atoms with van der Waals surface area (Å²) in [5, 5.41) is 0.701. The summed E-state index contributed by atoms with van der Waals surface area (Å²) < 4.78 is -0.128. The van der Waals surface area contributed by atoms with Crippen molar-refractivity contribution >= 4 is 23.4 Å². The number of thioether (sulfide) groups is 1. The molecule has 0 atom stereocenters. The average molecular weight is 295 g/mol. The van der Waals surface area contributed by atoms with Crippen LogP contribution in [0.1, 0.15) is 18.5 Å². The zero-order chi connectivity index (χ0) is 13.5. The molecule has 98 valence electrons. The predicted molar refractivity (Wildman–Crippen MR) is 75.9 cm³/mol. The van der Waals surface area contributed by atoms with Gasteiger partial charge in [-0.3, -0.25) is 9.59 Å². The van der Waals surface area contributed by atoms with E-state index in [-0.39, 0.29) is 4.75 Å². The summed E-state index contributed by atoms with van der Waals surface area (Å²) in [7, 11) is 0. The summed E-state index contributed by atoms with van der Waals surface area (Å²) in [5.41, 5.74) is -0.437. The molecule has 6 heteroatoms. The van der Waals surface area contributed by atoms with E-state index in [0.29, 0.717) is 5.02 Å². The Labute approximate surface area is 118 Å². The lowest BCUT2D eigenvalue weighted by molar-refractivity contribution is 0.893. The molecule has 19 heavy (non-hydrogen) atoms. The van der Waals surface area contributed by atoms with Gasteiger partial charge in [-0.05, 0) is 37.1 Å². The minimum atomic E-state index is -0.615. The minimum Gasteiger partial charge on any atom is -0.323 e. The summed E-state index contributed by atoms with van der Waals surface area (Å²) in [5.74, 6) is 0. The molecule has 2 N–H and O–H groups in total. The van der Waals surface area contributed by atoms with Crippen molar-refractivity contribution < 1.29 is 0 Å². The molecule has 1 aromatic carbocycles. The van der Waals surface area contributed by atoms with Crippen LogP contribution in [0.2, 0.25) is 5.02 Å². The second-order valence-electron chi connectivity index (χ2n) is 4.54. The maximum Gasteiger partial charge on any atom is 0.313 e. The Kier molecular flexibility index (Phi) is 3.03. The summed E-state index contributed by atoms with van der Waals surface area (Å²) in [6.07, 6.45) is 3.55. The molecule has 0 spiro atoms. The Morgan fingerprint density at radius 2 is 1.79 bits per heavy atom. The quantitative estimate of drug-likeness (QED) is 0.855. The highest BCUT2D eigenvalue weighted by Crippen LogP contribution is 2.58. The second-order valence-corrected chi connectivity index (χ2v) is 6.43. The van der Waals surface area contributed by atoms with Crippen LogP contribution >= 0.6 is 23.4 Å². The molecular weight excluding hydrogens is 284 g/mol. The molecule has 0 aliphatic heterocycles. The lowest BCUT2D eigenvalue weighted by atomic mass is 10.3. The zero-order valence-corrected chi connectivity index (χ0v) is 11.5. The summed E-state index contributed by atoms with van der Waals surface area (Å²) in [6.45, 7) is 0. The van der Waals surface area contributed by atoms with Gasteiger partial charge in [0.2, 0.25) is 0 Å². The Morgan fingerprint density at radius 1 is 1.11 bits per heavy atom. The van der Waals surface area contributed by atoms with E-state index in [0.717, 1.165) is 23.4 Å². The van der Waals surface area contributed by atoms with Gasteiger partial charge in [0.1, 0.15) is 0 Å². The Bertz CT molecular complexity index is 716. The van der Waals surface area contributed by atoms with Gasteiger partial charge in [-0.25, -0.2) is 0 Å². The second kappa shape index (κ2) is 4.58. The SMILES string of the molecule is O=c1[nH]cc(C2(Sc3ccc(Cl)cc3)CC2)[nH]c1=O. The number of H-pyrrole nitrogens is 2. The monoisotopic (exact) mass is 294 g/mol. The predicted octanol–water partition coefficient (Wildman–Crippen LogP) is 2.50. The van der Waals surface area contributed by atoms with Crippen molar-refractivity contribution in [2.24, 2.45) is 0 Å². The van der Waals surface area contributed by atoms with Gasteiger partial charge >= 0.3 is 11.1 Å². The number of nitrogens with one attached hydrogen (secondary N) is 2. The van der Waals surface area contributed by atoms with Crippen LogP contribution in [0, 0.1) is 0 Å². The molecule has 4 nitrogen and oxygen atoms in total. The van der Waals surface area contributed by atoms with E-state index in [2.05, 4.69) is 9.97 Å². The van der Waals surface area contributed by atoms with Crippen molar-refractivity contribution in [3.05, 3.63) is 61.9 Å². The first-order valence-electron chi connectivity index (χ1n) is 5.86. The fraction of sp³-hybridized carbons (Fsp3) is 0.231. The molecule has 0 radical (unpaired) electrons. The third kappa shape index (κ3) is 2.48. The maximum atomic E-state index is 11.4. The Hall–Kier alpha value is -1.46. The topological polar surface area (TPSA) is 65.7 Å². The van der Waals surface area contributed by atoms with Gasteiger partial charge in [-0.2, -0.15) is 0 Å². The molecule has 1 aliphatic rings. The number of aromatic amines is 2. The van der Waals surface area contributed by atoms with Crippen molar-refractivity contribution in [3.63, 3.8) is 0 Å². The van der Waals surface area contributed by atoms with Crippen LogP contribution in [-0.4, -0.2) is 9.97 Å². The molecule has 0 bridgehead atoms. The van der Waals surface area contributed by atoms with Crippen molar-refractivity contribution in [1.29, 1.82) is 0 Å². The number of hydrogen-bond acceptors (Lipinski definition) is 3. The first-order valence-corrected chi connectivity index (χ1v) is 7.06. The molecule has 0 saturated heterocycles. The fourth-order valence-corrected chi connectivity index (χ4v) is 3.31. The number of benzene rings is 1. The van der Waals surface area contributed by atoms with Gasteiger partial charge in [0.05, 0.1) is 10.4 Å². The van der Waals surface area contributed by atoms with Gasteiger partial charge in [0, 0.05) is 16.1 Å². The third-order valence-electron chi connectivity index (χ3n) is 3.12. The average Bonchev–Trinajstić information content (AvgIpc) is 3.16. The van der Waals surface area contributed by atoms with Crippen LogP contribution in [0.15, 0.2) is 44.9 Å². The molecule has 1 aliphatic carbocycles. The molecule has 1 saturated carbocycles. The zero-order valence-electron chi connectivity index (χ0n) is 9.90. The van der Waals surface area contributed by atoms with Crippen molar-refractivity contribution in [2.45, 2.75) is 22.5 Å². The van der Waals surface area contributed by atoms with E-state index in [1.54, 1.807) is 18.0 Å². The molecule has 1 heterocycles. The van der Waals surface area contributed by atoms with E-state index in [1.807, 2.05) is 24.3 Å². The van der Waals surface area contributed by atoms with Crippen molar-refractivity contribution in [2.75, 3.05) is 0 Å². The minimum absolute atomic E-state index is 0.128. The highest BCUT2D eigenvalue weighted by molar-refractivity contribution is 8.00. The van der Waals surface area contributed by atoms with Gasteiger partial charge < -0.3 is 9.97 Å². The summed E-state index contributed by atoms with van der Waals surface area (Å²) in [6, 6.07) is 7.60. The largest absolute Gasteiger partial charge is 0.323 e. The smallest absolute Gasteiger partial charge is 0.313 e. The van der Waals surface area contributed by atoms with Gasteiger partial charge in [0.25, 0.3) is 0 Å². The lowest BCUT2D eigenvalue weighted by Gasteiger charge is -2.14. The molecule has 0 unspecified atom stereocenters. The third-order valence-corrected chi connectivity index (χ3v) is 4.90. The maximum absolute atomic E-state index is 11.4. The standard InChI is InChI=1S/C13H11ClN2O2S/c14-8-1-3-9(4-2-8)19-13(5-6-13)10-7-15-11(17)12(18)16-10/h1-4,7H,5-6H2,(H,15,17)(H,16,18). The fourth-order valence-electron chi connectivity index (χ4n) is 1.93. The number of hydrogen-bond donors (Lipinski definition) is 2. The van der Waals surface area contributed by atoms with E-state index in [4.69, 9.17) is 11.6 Å². The Balaban J connectivity index is 1.91. The van der Waals surface area contributed by atoms with Crippen molar-refractivity contribution in [1.82, 2.24) is 9.97 Å². The number of rotatable bonds is 3. The lowest BCUT2D eigenvalue weighted by Crippen LogP contribution is -2.31. The van der Waals surface area contributed by atoms with Crippen LogP contribution in [0.4, 0.5) is 0 Å². The highest BCUT2D eigenvalue weighted by Gasteiger charge is 2.46. The first kappa shape index (κ1) is 12.6. The normalized spacial score (nSPS) is 16.3. The number of aromatic nitrogens is 2. The van der Waals surface area contributed by atoms with Crippen LogP contribution in [0.5, 0.6) is 0 Å². The van der Waals surface area contributed by atoms with Crippen LogP contribution in [-0.2, 0) is 4.75 Å². The summed E-state index contributed by atoms with van der Waals surface area (Å²) >= 11 is 7.54. The van der Waals surface area contributed by atoms with Crippen LogP contribution in [0.25, 0.3) is 0 Å². The van der Waals surface area contributed by atoms with Crippen LogP contribution < -0.4 is 11.1 Å². The Morgan fingerprint density at radius 3 is 2.37 bits per heavy atom. The van der Waals surface area contributed by atoms with E-state index >= 15 is 0 Å². The van der Waals surface area contributed by atoms with E-state index in [9.17, 15) is 9.59 Å². The molecule has 0 amide bonds. The molecule has 1 fully saturated rings. The van der Waals surface area contributed by atoms with Crippen LogP contribution in [0.3, 0.4) is 0 Å².